The first-order chi connectivity index (χ1) is 14.6. The minimum absolute atomic E-state index is 0.0838. The van der Waals surface area contributed by atoms with Gasteiger partial charge in [-0.15, -0.1) is 0 Å². The molecule has 4 nitrogen and oxygen atoms in total. The van der Waals surface area contributed by atoms with Gasteiger partial charge >= 0.3 is 0 Å². The van der Waals surface area contributed by atoms with E-state index in [9.17, 15) is 4.79 Å². The molecule has 0 saturated carbocycles. The molecule has 1 amide bonds. The molecule has 1 heterocycles. The van der Waals surface area contributed by atoms with Gasteiger partial charge < -0.3 is 10.2 Å². The number of benzene rings is 3. The van der Waals surface area contributed by atoms with Crippen LogP contribution in [0.5, 0.6) is 0 Å². The maximum atomic E-state index is 12.8. The molecular formula is C26H31N3O. The van der Waals surface area contributed by atoms with E-state index < -0.39 is 0 Å². The molecule has 1 saturated heterocycles. The lowest BCUT2D eigenvalue weighted by molar-refractivity contribution is -0.120. The van der Waals surface area contributed by atoms with Gasteiger partial charge in [0.15, 0.2) is 0 Å². The topological polar surface area (TPSA) is 35.6 Å². The molecule has 1 fully saturated rings. The molecule has 0 bridgehead atoms. The predicted octanol–water partition coefficient (Wildman–Crippen LogP) is 4.40. The van der Waals surface area contributed by atoms with Crippen molar-refractivity contribution in [3.8, 4) is 0 Å². The maximum absolute atomic E-state index is 12.8. The Kier molecular flexibility index (Phi) is 6.34. The van der Waals surface area contributed by atoms with Crippen molar-refractivity contribution in [2.24, 2.45) is 0 Å². The second kappa shape index (κ2) is 9.31. The van der Waals surface area contributed by atoms with E-state index in [0.29, 0.717) is 13.0 Å². The Morgan fingerprint density at radius 1 is 0.967 bits per heavy atom. The first kappa shape index (κ1) is 20.4. The summed E-state index contributed by atoms with van der Waals surface area (Å²) in [5.74, 6) is 0.0838. The Morgan fingerprint density at radius 2 is 1.67 bits per heavy atom. The molecule has 1 atom stereocenters. The van der Waals surface area contributed by atoms with Crippen molar-refractivity contribution in [2.75, 3.05) is 38.6 Å². The number of hydrogen-bond acceptors (Lipinski definition) is 3. The quantitative estimate of drug-likeness (QED) is 0.637. The van der Waals surface area contributed by atoms with Crippen LogP contribution in [0.25, 0.3) is 10.8 Å². The van der Waals surface area contributed by atoms with E-state index in [-0.39, 0.29) is 11.9 Å². The van der Waals surface area contributed by atoms with E-state index >= 15 is 0 Å². The fourth-order valence-corrected chi connectivity index (χ4v) is 4.40. The summed E-state index contributed by atoms with van der Waals surface area (Å²) in [5.41, 5.74) is 3.55. The third-order valence-corrected chi connectivity index (χ3v) is 6.10. The van der Waals surface area contributed by atoms with E-state index in [1.807, 2.05) is 18.2 Å². The number of nitrogens with zero attached hydrogens (tertiary/aromatic N) is 2. The molecule has 1 aliphatic heterocycles. The average Bonchev–Trinajstić information content (AvgIpc) is 3.29. The van der Waals surface area contributed by atoms with E-state index in [0.717, 1.165) is 24.0 Å². The van der Waals surface area contributed by atoms with Gasteiger partial charge in [-0.05, 0) is 60.0 Å². The second-order valence-corrected chi connectivity index (χ2v) is 8.36. The van der Waals surface area contributed by atoms with Crippen LogP contribution >= 0.6 is 0 Å². The standard InChI is InChI=1S/C26H31N3O/c1-28(2)23-14-12-21(13-15-23)25(29-16-5-6-17-29)19-27-26(30)18-22-10-7-9-20-8-3-4-11-24(20)22/h3-4,7-15,25H,5-6,16-19H2,1-2H3,(H,27,30). The fourth-order valence-electron chi connectivity index (χ4n) is 4.40. The van der Waals surface area contributed by atoms with Crippen LogP contribution in [0.4, 0.5) is 5.69 Å². The van der Waals surface area contributed by atoms with Crippen LogP contribution in [0, 0.1) is 0 Å². The Balaban J connectivity index is 1.46. The van der Waals surface area contributed by atoms with Gasteiger partial charge in [-0.3, -0.25) is 9.69 Å². The van der Waals surface area contributed by atoms with Crippen LogP contribution < -0.4 is 10.2 Å². The van der Waals surface area contributed by atoms with Gasteiger partial charge in [0.25, 0.3) is 0 Å². The summed E-state index contributed by atoms with van der Waals surface area (Å²) >= 11 is 0. The smallest absolute Gasteiger partial charge is 0.224 e. The number of hydrogen-bond donors (Lipinski definition) is 1. The Bertz CT molecular complexity index is 985. The molecule has 30 heavy (non-hydrogen) atoms. The zero-order chi connectivity index (χ0) is 20.9. The van der Waals surface area contributed by atoms with Crippen LogP contribution in [0.1, 0.15) is 30.0 Å². The number of rotatable bonds is 7. The fraction of sp³-hybridized carbons (Fsp3) is 0.346. The summed E-state index contributed by atoms with van der Waals surface area (Å²) in [6.45, 7) is 2.84. The van der Waals surface area contributed by atoms with Crippen LogP contribution in [0.3, 0.4) is 0 Å². The molecule has 3 aromatic carbocycles. The van der Waals surface area contributed by atoms with Crippen LogP contribution in [0.15, 0.2) is 66.7 Å². The molecular weight excluding hydrogens is 370 g/mol. The summed E-state index contributed by atoms with van der Waals surface area (Å²) in [6, 6.07) is 23.4. The van der Waals surface area contributed by atoms with Gasteiger partial charge in [-0.2, -0.15) is 0 Å². The number of carbonyl (C=O) groups excluding carboxylic acids is 1. The highest BCUT2D eigenvalue weighted by Gasteiger charge is 2.24. The van der Waals surface area contributed by atoms with Crippen LogP contribution in [-0.2, 0) is 11.2 Å². The molecule has 1 N–H and O–H groups in total. The average molecular weight is 402 g/mol. The lowest BCUT2D eigenvalue weighted by atomic mass is 10.0. The molecule has 0 aliphatic carbocycles. The van der Waals surface area contributed by atoms with Crippen molar-refractivity contribution >= 4 is 22.4 Å². The van der Waals surface area contributed by atoms with Gasteiger partial charge in [-0.25, -0.2) is 0 Å². The summed E-state index contributed by atoms with van der Waals surface area (Å²) in [6.07, 6.45) is 2.88. The SMILES string of the molecule is CN(C)c1ccc(C(CNC(=O)Cc2cccc3ccccc23)N2CCCC2)cc1. The molecule has 1 unspecified atom stereocenters. The first-order valence-electron chi connectivity index (χ1n) is 10.9. The highest BCUT2D eigenvalue weighted by atomic mass is 16.1. The Hall–Kier alpha value is -2.85. The second-order valence-electron chi connectivity index (χ2n) is 8.36. The molecule has 0 spiro atoms. The van der Waals surface area contributed by atoms with E-state index in [2.05, 4.69) is 77.7 Å². The zero-order valence-electron chi connectivity index (χ0n) is 18.0. The molecule has 1 aliphatic rings. The molecule has 4 rings (SSSR count). The van der Waals surface area contributed by atoms with Gasteiger partial charge in [0.05, 0.1) is 12.5 Å². The number of nitrogens with one attached hydrogen (secondary N) is 1. The zero-order valence-corrected chi connectivity index (χ0v) is 18.0. The summed E-state index contributed by atoms with van der Waals surface area (Å²) < 4.78 is 0. The predicted molar refractivity (Wildman–Crippen MR) is 125 cm³/mol. The van der Waals surface area contributed by atoms with Crippen molar-refractivity contribution in [3.05, 3.63) is 77.9 Å². The number of amides is 1. The maximum Gasteiger partial charge on any atom is 0.224 e. The van der Waals surface area contributed by atoms with E-state index in [1.54, 1.807) is 0 Å². The molecule has 156 valence electrons. The summed E-state index contributed by atoms with van der Waals surface area (Å²) in [7, 11) is 4.11. The number of anilines is 1. The monoisotopic (exact) mass is 401 g/mol. The minimum Gasteiger partial charge on any atom is -0.378 e. The molecule has 4 heteroatoms. The highest BCUT2D eigenvalue weighted by molar-refractivity contribution is 5.90. The van der Waals surface area contributed by atoms with E-state index in [4.69, 9.17) is 0 Å². The lowest BCUT2D eigenvalue weighted by Gasteiger charge is -2.28. The molecule has 3 aromatic rings. The van der Waals surface area contributed by atoms with Crippen molar-refractivity contribution < 1.29 is 4.79 Å². The van der Waals surface area contributed by atoms with Crippen molar-refractivity contribution in [2.45, 2.75) is 25.3 Å². The lowest BCUT2D eigenvalue weighted by Crippen LogP contribution is -2.37. The number of fused-ring (bicyclic) bond motifs is 1. The van der Waals surface area contributed by atoms with Gasteiger partial charge in [0, 0.05) is 26.3 Å². The normalized spacial score (nSPS) is 15.3. The minimum atomic E-state index is 0.0838. The van der Waals surface area contributed by atoms with E-state index in [1.165, 1.54) is 29.5 Å². The third-order valence-electron chi connectivity index (χ3n) is 6.10. The molecule has 0 radical (unpaired) electrons. The van der Waals surface area contributed by atoms with Crippen molar-refractivity contribution in [3.63, 3.8) is 0 Å². The van der Waals surface area contributed by atoms with Crippen molar-refractivity contribution in [1.29, 1.82) is 0 Å². The Labute approximate surface area is 179 Å². The van der Waals surface area contributed by atoms with Crippen LogP contribution in [0.2, 0.25) is 0 Å². The largest absolute Gasteiger partial charge is 0.378 e. The summed E-state index contributed by atoms with van der Waals surface area (Å²) in [4.78, 5) is 17.4. The first-order valence-corrected chi connectivity index (χ1v) is 10.9. The Morgan fingerprint density at radius 3 is 2.40 bits per heavy atom. The van der Waals surface area contributed by atoms with Gasteiger partial charge in [0.1, 0.15) is 0 Å². The van der Waals surface area contributed by atoms with Crippen molar-refractivity contribution in [1.82, 2.24) is 10.2 Å². The van der Waals surface area contributed by atoms with Gasteiger partial charge in [-0.1, -0.05) is 54.6 Å². The third kappa shape index (κ3) is 4.65. The number of carbonyl (C=O) groups is 1. The molecule has 0 aromatic heterocycles. The van der Waals surface area contributed by atoms with Gasteiger partial charge in [0.2, 0.25) is 5.91 Å². The summed E-state index contributed by atoms with van der Waals surface area (Å²) in [5, 5.41) is 5.55. The number of likely N-dealkylation sites (tertiary alicyclic amines) is 1. The van der Waals surface area contributed by atoms with Crippen LogP contribution in [-0.4, -0.2) is 44.5 Å². The highest BCUT2D eigenvalue weighted by Crippen LogP contribution is 2.26.